The topological polar surface area (TPSA) is 132 Å². The van der Waals surface area contributed by atoms with Crippen LogP contribution in [0, 0.1) is 21.4 Å². The van der Waals surface area contributed by atoms with E-state index in [1.165, 1.54) is 23.7 Å². The molecule has 0 fully saturated rings. The Labute approximate surface area is 207 Å². The molecule has 36 heavy (non-hydrogen) atoms. The number of hydrogen-bond donors (Lipinski definition) is 0. The van der Waals surface area contributed by atoms with Crippen molar-refractivity contribution in [1.82, 2.24) is 24.6 Å². The number of nitrogens with zero attached hydrogens (tertiary/aromatic N) is 7. The fourth-order valence-corrected chi connectivity index (χ4v) is 5.41. The van der Waals surface area contributed by atoms with Gasteiger partial charge in [-0.05, 0) is 18.6 Å². The molecular formula is C25H15N7O3S. The largest absolute Gasteiger partial charge is 0.477 e. The molecule has 174 valence electrons. The van der Waals surface area contributed by atoms with Gasteiger partial charge in [0.1, 0.15) is 27.5 Å². The van der Waals surface area contributed by atoms with Gasteiger partial charge in [0, 0.05) is 17.0 Å². The molecule has 0 N–H and O–H groups in total. The monoisotopic (exact) mass is 493 g/mol. The first-order valence-electron chi connectivity index (χ1n) is 10.9. The Morgan fingerprint density at radius 3 is 2.67 bits per heavy atom. The van der Waals surface area contributed by atoms with E-state index in [0.717, 1.165) is 5.56 Å². The van der Waals surface area contributed by atoms with Crippen LogP contribution < -0.4 is 4.74 Å². The fraction of sp³-hybridized carbons (Fsp3) is 0.0800. The lowest BCUT2D eigenvalue weighted by atomic mass is 9.98. The summed E-state index contributed by atoms with van der Waals surface area (Å²) in [4.78, 5) is 21.5. The van der Waals surface area contributed by atoms with Crippen LogP contribution in [-0.2, 0) is 0 Å². The van der Waals surface area contributed by atoms with Crippen LogP contribution in [-0.4, -0.2) is 36.1 Å². The summed E-state index contributed by atoms with van der Waals surface area (Å²) in [6, 6.07) is 18.2. The Bertz CT molecular complexity index is 1860. The number of nitro benzene ring substituents is 1. The van der Waals surface area contributed by atoms with E-state index >= 15 is 0 Å². The molecule has 0 aliphatic heterocycles. The summed E-state index contributed by atoms with van der Waals surface area (Å²) in [6.07, 6.45) is 1.48. The van der Waals surface area contributed by atoms with E-state index in [0.29, 0.717) is 55.2 Å². The quantitative estimate of drug-likeness (QED) is 0.230. The summed E-state index contributed by atoms with van der Waals surface area (Å²) in [6.45, 7) is 2.18. The van der Waals surface area contributed by atoms with Crippen LogP contribution in [0.2, 0.25) is 0 Å². The Hall–Kier alpha value is -4.95. The zero-order valence-electron chi connectivity index (χ0n) is 18.7. The van der Waals surface area contributed by atoms with Crippen molar-refractivity contribution in [2.45, 2.75) is 6.92 Å². The highest BCUT2D eigenvalue weighted by atomic mass is 32.1. The minimum Gasteiger partial charge on any atom is -0.477 e. The summed E-state index contributed by atoms with van der Waals surface area (Å²) in [5, 5.41) is 30.9. The first-order chi connectivity index (χ1) is 17.6. The molecule has 4 aromatic heterocycles. The molecule has 0 radical (unpaired) electrons. The second kappa shape index (κ2) is 8.37. The lowest BCUT2D eigenvalue weighted by Gasteiger charge is -2.11. The van der Waals surface area contributed by atoms with Crippen LogP contribution >= 0.6 is 11.3 Å². The zero-order chi connectivity index (χ0) is 24.8. The van der Waals surface area contributed by atoms with Gasteiger partial charge in [0.25, 0.3) is 5.69 Å². The molecule has 0 aliphatic carbocycles. The maximum absolute atomic E-state index is 11.8. The third kappa shape index (κ3) is 3.16. The minimum atomic E-state index is -0.442. The predicted molar refractivity (Wildman–Crippen MR) is 135 cm³/mol. The van der Waals surface area contributed by atoms with Crippen LogP contribution in [0.15, 0.2) is 60.9 Å². The third-order valence-electron chi connectivity index (χ3n) is 5.78. The molecule has 2 aromatic carbocycles. The average molecular weight is 494 g/mol. The Morgan fingerprint density at radius 2 is 1.92 bits per heavy atom. The van der Waals surface area contributed by atoms with Crippen LogP contribution in [0.3, 0.4) is 0 Å². The van der Waals surface area contributed by atoms with Crippen molar-refractivity contribution in [3.05, 3.63) is 76.6 Å². The Morgan fingerprint density at radius 1 is 1.14 bits per heavy atom. The summed E-state index contributed by atoms with van der Waals surface area (Å²) >= 11 is 1.36. The van der Waals surface area contributed by atoms with Crippen LogP contribution in [0.1, 0.15) is 12.5 Å². The molecule has 10 nitrogen and oxygen atoms in total. The fourth-order valence-electron chi connectivity index (χ4n) is 4.31. The van der Waals surface area contributed by atoms with Crippen molar-refractivity contribution in [1.29, 1.82) is 5.26 Å². The highest BCUT2D eigenvalue weighted by Crippen LogP contribution is 2.44. The zero-order valence-corrected chi connectivity index (χ0v) is 19.6. The maximum atomic E-state index is 11.8. The molecule has 6 rings (SSSR count). The minimum absolute atomic E-state index is 0.0864. The van der Waals surface area contributed by atoms with Gasteiger partial charge in [0.05, 0.1) is 22.6 Å². The molecule has 0 amide bonds. The van der Waals surface area contributed by atoms with Gasteiger partial charge in [-0.3, -0.25) is 14.5 Å². The number of benzene rings is 2. The maximum Gasteiger partial charge on any atom is 0.280 e. The lowest BCUT2D eigenvalue weighted by molar-refractivity contribution is -0.384. The van der Waals surface area contributed by atoms with Crippen molar-refractivity contribution in [3.8, 4) is 34.5 Å². The first kappa shape index (κ1) is 21.6. The number of rotatable bonds is 5. The predicted octanol–water partition coefficient (Wildman–Crippen LogP) is 5.40. The van der Waals surface area contributed by atoms with Crippen molar-refractivity contribution in [3.63, 3.8) is 0 Å². The highest BCUT2D eigenvalue weighted by molar-refractivity contribution is 7.26. The standard InChI is InChI=1S/C25H15N7O3S/c1-2-35-24-16(12-26)18(14-8-4-3-5-9-14)19-20-21(36-25(19)29-24)23-30-27-13-31(23)22(28-20)15-10-6-7-11-17(15)32(33)34/h3-11,13H,2H2,1H3. The van der Waals surface area contributed by atoms with Gasteiger partial charge in [-0.15, -0.1) is 21.5 Å². The molecule has 4 heterocycles. The summed E-state index contributed by atoms with van der Waals surface area (Å²) < 4.78 is 8.08. The Balaban J connectivity index is 1.81. The van der Waals surface area contributed by atoms with E-state index in [-0.39, 0.29) is 11.6 Å². The molecular weight excluding hydrogens is 478 g/mol. The summed E-state index contributed by atoms with van der Waals surface area (Å²) in [7, 11) is 0. The van der Waals surface area contributed by atoms with Gasteiger partial charge in [0.15, 0.2) is 11.5 Å². The second-order valence-corrected chi connectivity index (χ2v) is 8.77. The molecule has 0 saturated heterocycles. The van der Waals surface area contributed by atoms with Gasteiger partial charge in [-0.2, -0.15) is 5.26 Å². The molecule has 6 aromatic rings. The van der Waals surface area contributed by atoms with Crippen LogP contribution in [0.4, 0.5) is 5.69 Å². The molecule has 0 saturated carbocycles. The van der Waals surface area contributed by atoms with Gasteiger partial charge < -0.3 is 4.74 Å². The van der Waals surface area contributed by atoms with Crippen molar-refractivity contribution in [2.24, 2.45) is 0 Å². The van der Waals surface area contributed by atoms with Gasteiger partial charge in [-0.1, -0.05) is 42.5 Å². The number of fused-ring (bicyclic) bond motifs is 5. The number of ether oxygens (including phenoxy) is 1. The van der Waals surface area contributed by atoms with Crippen LogP contribution in [0.5, 0.6) is 5.88 Å². The molecule has 0 unspecified atom stereocenters. The van der Waals surface area contributed by atoms with Crippen LogP contribution in [0.25, 0.3) is 48.6 Å². The summed E-state index contributed by atoms with van der Waals surface area (Å²) in [5.74, 6) is 0.565. The molecule has 0 bridgehead atoms. The smallest absolute Gasteiger partial charge is 0.280 e. The molecule has 0 spiro atoms. The van der Waals surface area contributed by atoms with E-state index < -0.39 is 4.92 Å². The van der Waals surface area contributed by atoms with E-state index in [1.54, 1.807) is 22.6 Å². The first-order valence-corrected chi connectivity index (χ1v) is 11.8. The number of nitro groups is 1. The lowest BCUT2D eigenvalue weighted by Crippen LogP contribution is -2.01. The average Bonchev–Trinajstić information content (AvgIpc) is 3.53. The normalized spacial score (nSPS) is 11.2. The van der Waals surface area contributed by atoms with E-state index in [4.69, 9.17) is 9.72 Å². The van der Waals surface area contributed by atoms with Gasteiger partial charge in [0.2, 0.25) is 5.88 Å². The number of nitriles is 1. The number of pyridine rings is 1. The number of para-hydroxylation sites is 1. The Kier molecular flexibility index (Phi) is 5.01. The number of thiophene rings is 1. The van der Waals surface area contributed by atoms with Gasteiger partial charge in [-0.25, -0.2) is 9.97 Å². The number of hydrogen-bond acceptors (Lipinski definition) is 9. The molecule has 11 heteroatoms. The van der Waals surface area contributed by atoms with Crippen molar-refractivity contribution < 1.29 is 9.66 Å². The summed E-state index contributed by atoms with van der Waals surface area (Å²) in [5.41, 5.74) is 3.01. The number of aromatic nitrogens is 5. The van der Waals surface area contributed by atoms with E-state index in [2.05, 4.69) is 21.3 Å². The SMILES string of the molecule is CCOc1nc2sc3c(nc(-c4ccccc4[N+](=O)[O-])n4cnnc34)c2c(-c2ccccc2)c1C#N. The highest BCUT2D eigenvalue weighted by Gasteiger charge is 2.26. The van der Waals surface area contributed by atoms with E-state index in [9.17, 15) is 15.4 Å². The van der Waals surface area contributed by atoms with Crippen molar-refractivity contribution >= 4 is 43.1 Å². The van der Waals surface area contributed by atoms with Crippen molar-refractivity contribution in [2.75, 3.05) is 6.61 Å². The third-order valence-corrected chi connectivity index (χ3v) is 6.84. The molecule has 0 atom stereocenters. The van der Waals surface area contributed by atoms with E-state index in [1.807, 2.05) is 37.3 Å². The second-order valence-electron chi connectivity index (χ2n) is 7.77. The molecule has 0 aliphatic rings. The van der Waals surface area contributed by atoms with Gasteiger partial charge >= 0.3 is 0 Å².